The Morgan fingerprint density at radius 3 is 1.48 bits per heavy atom. The van der Waals surface area contributed by atoms with Crippen molar-refractivity contribution in [3.05, 3.63) is 91.0 Å². The van der Waals surface area contributed by atoms with Crippen LogP contribution >= 0.6 is 7.41 Å². The molecule has 2 N–H and O–H groups in total. The molecule has 0 heterocycles. The lowest BCUT2D eigenvalue weighted by Gasteiger charge is -2.27. The van der Waals surface area contributed by atoms with Crippen molar-refractivity contribution in [2.45, 2.75) is 6.92 Å². The van der Waals surface area contributed by atoms with Crippen molar-refractivity contribution in [1.29, 1.82) is 0 Å². The van der Waals surface area contributed by atoms with Gasteiger partial charge in [-0.3, -0.25) is 0 Å². The van der Waals surface area contributed by atoms with Crippen LogP contribution in [0.4, 0.5) is 4.79 Å². The number of halogens is 1. The number of nitrogens with one attached hydrogen (secondary N) is 2. The normalized spacial score (nSPS) is 10.6. The third kappa shape index (κ3) is 4.86. The molecule has 27 heavy (non-hydrogen) atoms. The number of benzene rings is 3. The first kappa shape index (κ1) is 21.4. The zero-order valence-corrected chi connectivity index (χ0v) is 18.1. The Labute approximate surface area is 177 Å². The molecular weight excluding hydrogens is 470 g/mol. The summed E-state index contributed by atoms with van der Waals surface area (Å²) >= 11 is 0. The first-order valence-corrected chi connectivity index (χ1v) is 10.3. The first-order chi connectivity index (χ1) is 12.8. The van der Waals surface area contributed by atoms with Crippen molar-refractivity contribution in [2.24, 2.45) is 0 Å². The maximum atomic E-state index is 12.0. The summed E-state index contributed by atoms with van der Waals surface area (Å²) in [6.45, 7) is 2.11. The smallest absolute Gasteiger partial charge is 0.424 e. The fourth-order valence-corrected chi connectivity index (χ4v) is 6.29. The molecule has 0 aliphatic carbocycles. The molecule has 0 fully saturated rings. The summed E-state index contributed by atoms with van der Waals surface area (Å²) in [5, 5.41) is 6.71. The van der Waals surface area contributed by atoms with Crippen molar-refractivity contribution < 1.29 is 33.5 Å². The molecule has 0 saturated heterocycles. The van der Waals surface area contributed by atoms with Gasteiger partial charge < -0.3 is 28.7 Å². The van der Waals surface area contributed by atoms with Crippen LogP contribution in [0.25, 0.3) is 0 Å². The van der Waals surface area contributed by atoms with Crippen molar-refractivity contribution in [3.8, 4) is 0 Å². The molecule has 0 aromatic heterocycles. The second-order valence-corrected chi connectivity index (χ2v) is 8.75. The van der Waals surface area contributed by atoms with E-state index in [-0.39, 0.29) is 24.0 Å². The molecule has 0 aliphatic heterocycles. The molecule has 0 unspecified atom stereocenters. The molecule has 0 saturated carbocycles. The number of carbonyl (C=O) groups is 1. The summed E-state index contributed by atoms with van der Waals surface area (Å²) in [5.41, 5.74) is 2.76. The van der Waals surface area contributed by atoms with Gasteiger partial charge in [-0.25, -0.2) is 10.2 Å². The van der Waals surface area contributed by atoms with E-state index in [9.17, 15) is 4.79 Å². The highest BCUT2D eigenvalue weighted by atomic mass is 127. The zero-order chi connectivity index (χ0) is 18.2. The lowest BCUT2D eigenvalue weighted by molar-refractivity contribution is -0.0000112. The molecule has 0 spiro atoms. The summed E-state index contributed by atoms with van der Waals surface area (Å²) in [4.78, 5) is 12.0. The summed E-state index contributed by atoms with van der Waals surface area (Å²) in [5.74, 6) is 0. The lowest BCUT2D eigenvalue weighted by atomic mass is 10.4. The fraction of sp³-hybridized carbons (Fsp3) is 0.0952. The highest BCUT2D eigenvalue weighted by Gasteiger charge is 2.46. The van der Waals surface area contributed by atoms with Crippen molar-refractivity contribution in [3.63, 3.8) is 0 Å². The number of amides is 1. The van der Waals surface area contributed by atoms with E-state index in [1.807, 2.05) is 54.6 Å². The van der Waals surface area contributed by atoms with Gasteiger partial charge in [0.05, 0.1) is 6.61 Å². The van der Waals surface area contributed by atoms with Gasteiger partial charge in [-0.2, -0.15) is 0 Å². The van der Waals surface area contributed by atoms with Gasteiger partial charge in [0.25, 0.3) is 0 Å². The lowest BCUT2D eigenvalue weighted by Crippen LogP contribution is -3.00. The predicted octanol–water partition coefficient (Wildman–Crippen LogP) is 0.150. The highest BCUT2D eigenvalue weighted by Crippen LogP contribution is 2.50. The zero-order valence-electron chi connectivity index (χ0n) is 15.0. The molecule has 0 bridgehead atoms. The van der Waals surface area contributed by atoms with Crippen LogP contribution in [0.5, 0.6) is 0 Å². The number of ether oxygens (including phenoxy) is 1. The van der Waals surface area contributed by atoms with E-state index >= 15 is 0 Å². The average Bonchev–Trinajstić information content (AvgIpc) is 2.71. The first-order valence-electron chi connectivity index (χ1n) is 8.53. The maximum absolute atomic E-state index is 12.0. The van der Waals surface area contributed by atoms with Crippen LogP contribution in [0.15, 0.2) is 91.0 Å². The molecule has 3 rings (SSSR count). The van der Waals surface area contributed by atoms with Gasteiger partial charge in [-0.1, -0.05) is 59.8 Å². The van der Waals surface area contributed by atoms with Gasteiger partial charge >= 0.3 is 6.09 Å². The highest BCUT2D eigenvalue weighted by molar-refractivity contribution is 7.94. The Morgan fingerprint density at radius 2 is 1.15 bits per heavy atom. The number of hydrogen-bond acceptors (Lipinski definition) is 3. The van der Waals surface area contributed by atoms with Gasteiger partial charge in [0, 0.05) is 0 Å². The third-order valence-electron chi connectivity index (χ3n) is 4.03. The largest absolute Gasteiger partial charge is 1.00 e. The van der Waals surface area contributed by atoms with Crippen LogP contribution in [0.3, 0.4) is 0 Å². The molecule has 0 aliphatic rings. The molecule has 3 aromatic carbocycles. The Bertz CT molecular complexity index is 736. The minimum atomic E-state index is -2.29. The summed E-state index contributed by atoms with van der Waals surface area (Å²) in [7, 11) is -2.29. The van der Waals surface area contributed by atoms with E-state index in [0.29, 0.717) is 6.61 Å². The Balaban J connectivity index is 0.00000261. The van der Waals surface area contributed by atoms with Gasteiger partial charge in [-0.05, 0) is 43.3 Å². The molecule has 0 radical (unpaired) electrons. The monoisotopic (exact) mass is 492 g/mol. The standard InChI is InChI=1S/C21H21N2O2P.HI/c1-2-25-21(24)22-23-26(18-12-6-3-7-13-18,19-14-8-4-9-15-19)20-16-10-5-11-17-20;/h3-17,23H,2H2,1H3;1H. The quantitative estimate of drug-likeness (QED) is 0.293. The molecule has 1 amide bonds. The molecule has 3 aromatic rings. The summed E-state index contributed by atoms with van der Waals surface area (Å²) < 4.78 is 5.05. The van der Waals surface area contributed by atoms with Crippen LogP contribution < -0.4 is 50.5 Å². The van der Waals surface area contributed by atoms with Crippen LogP contribution in [0.1, 0.15) is 6.92 Å². The van der Waals surface area contributed by atoms with Crippen molar-refractivity contribution in [1.82, 2.24) is 10.6 Å². The van der Waals surface area contributed by atoms with Crippen molar-refractivity contribution >= 4 is 29.4 Å². The molecule has 140 valence electrons. The van der Waals surface area contributed by atoms with E-state index < -0.39 is 13.5 Å². The summed E-state index contributed by atoms with van der Waals surface area (Å²) in [6, 6.07) is 30.6. The molecule has 6 heteroatoms. The minimum absolute atomic E-state index is 0. The summed E-state index contributed by atoms with van der Waals surface area (Å²) in [6.07, 6.45) is -0.486. The van der Waals surface area contributed by atoms with Crippen LogP contribution in [0.2, 0.25) is 0 Å². The van der Waals surface area contributed by atoms with E-state index in [1.165, 1.54) is 0 Å². The predicted molar refractivity (Wildman–Crippen MR) is 108 cm³/mol. The van der Waals surface area contributed by atoms with E-state index in [0.717, 1.165) is 15.9 Å². The van der Waals surface area contributed by atoms with Crippen LogP contribution in [0, 0.1) is 0 Å². The maximum Gasteiger partial charge on any atom is 0.424 e. The SMILES string of the molecule is CCOC(=O)NN[P+](c1ccccc1)(c1ccccc1)c1ccccc1.[I-]. The van der Waals surface area contributed by atoms with Crippen molar-refractivity contribution in [2.75, 3.05) is 6.61 Å². The Hall–Kier alpha value is -1.95. The Morgan fingerprint density at radius 1 is 0.778 bits per heavy atom. The van der Waals surface area contributed by atoms with E-state index in [1.54, 1.807) is 6.92 Å². The number of rotatable bonds is 6. The van der Waals surface area contributed by atoms with Gasteiger partial charge in [0.2, 0.25) is 0 Å². The number of carbonyl (C=O) groups excluding carboxylic acids is 1. The van der Waals surface area contributed by atoms with Gasteiger partial charge in [0.15, 0.2) is 7.41 Å². The Kier molecular flexibility index (Phi) is 8.23. The van der Waals surface area contributed by atoms with Crippen LogP contribution in [-0.4, -0.2) is 12.7 Å². The number of hydrogen-bond donors (Lipinski definition) is 2. The molecular formula is C21H22IN2O2P. The van der Waals surface area contributed by atoms with E-state index in [4.69, 9.17) is 4.74 Å². The van der Waals surface area contributed by atoms with E-state index in [2.05, 4.69) is 47.0 Å². The van der Waals surface area contributed by atoms with Crippen LogP contribution in [-0.2, 0) is 4.74 Å². The second kappa shape index (κ2) is 10.4. The average molecular weight is 492 g/mol. The molecule has 4 nitrogen and oxygen atoms in total. The minimum Gasteiger partial charge on any atom is -1.00 e. The number of hydrazine groups is 1. The second-order valence-electron chi connectivity index (χ2n) is 5.63. The topological polar surface area (TPSA) is 50.4 Å². The van der Waals surface area contributed by atoms with Gasteiger partial charge in [-0.15, -0.1) is 0 Å². The fourth-order valence-electron chi connectivity index (χ4n) is 2.89. The van der Waals surface area contributed by atoms with Gasteiger partial charge in [0.1, 0.15) is 15.9 Å². The third-order valence-corrected chi connectivity index (χ3v) is 7.70. The molecule has 0 atom stereocenters.